The molecule has 5 heteroatoms. The lowest BCUT2D eigenvalue weighted by Gasteiger charge is -2.31. The van der Waals surface area contributed by atoms with E-state index in [2.05, 4.69) is 5.32 Å². The predicted molar refractivity (Wildman–Crippen MR) is 70.5 cm³/mol. The zero-order valence-electron chi connectivity index (χ0n) is 11.8. The Morgan fingerprint density at radius 3 is 2.50 bits per heavy atom. The molecule has 1 atom stereocenters. The van der Waals surface area contributed by atoms with Gasteiger partial charge >= 0.3 is 0 Å². The van der Waals surface area contributed by atoms with Gasteiger partial charge in [-0.15, -0.1) is 0 Å². The van der Waals surface area contributed by atoms with Crippen molar-refractivity contribution >= 4 is 5.91 Å². The van der Waals surface area contributed by atoms with Gasteiger partial charge in [0.2, 0.25) is 5.91 Å². The van der Waals surface area contributed by atoms with E-state index in [1.54, 1.807) is 14.2 Å². The lowest BCUT2D eigenvalue weighted by Crippen LogP contribution is -2.45. The first-order valence-electron chi connectivity index (χ1n) is 6.30. The van der Waals surface area contributed by atoms with Crippen LogP contribution in [0.1, 0.15) is 13.8 Å². The summed E-state index contributed by atoms with van der Waals surface area (Å²) in [5.74, 6) is 0.0908. The Bertz CT molecular complexity index is 309. The van der Waals surface area contributed by atoms with Crippen molar-refractivity contribution < 1.29 is 14.3 Å². The van der Waals surface area contributed by atoms with Crippen molar-refractivity contribution in [1.82, 2.24) is 10.2 Å². The van der Waals surface area contributed by atoms with Crippen LogP contribution in [0.3, 0.4) is 0 Å². The van der Waals surface area contributed by atoms with Crippen LogP contribution in [-0.4, -0.2) is 63.9 Å². The third kappa shape index (κ3) is 3.80. The van der Waals surface area contributed by atoms with Gasteiger partial charge in [0.1, 0.15) is 0 Å². The van der Waals surface area contributed by atoms with E-state index in [0.717, 1.165) is 18.7 Å². The molecular formula is C13H24N2O3. The molecule has 1 aliphatic heterocycles. The Morgan fingerprint density at radius 2 is 2.06 bits per heavy atom. The first kappa shape index (κ1) is 15.1. The average molecular weight is 256 g/mol. The summed E-state index contributed by atoms with van der Waals surface area (Å²) in [7, 11) is 3.29. The van der Waals surface area contributed by atoms with E-state index in [0.29, 0.717) is 19.8 Å². The summed E-state index contributed by atoms with van der Waals surface area (Å²) < 4.78 is 10.2. The largest absolute Gasteiger partial charge is 0.383 e. The number of hydrogen-bond donors (Lipinski definition) is 1. The maximum absolute atomic E-state index is 12.4. The summed E-state index contributed by atoms with van der Waals surface area (Å²) in [6, 6.07) is 0.0567. The van der Waals surface area contributed by atoms with Crippen LogP contribution in [0.25, 0.3) is 0 Å². The maximum atomic E-state index is 12.4. The topological polar surface area (TPSA) is 50.8 Å². The second-order valence-electron chi connectivity index (χ2n) is 4.63. The normalized spacial score (nSPS) is 16.1. The number of nitrogens with zero attached hydrogens (tertiary/aromatic N) is 1. The molecular weight excluding hydrogens is 232 g/mol. The number of methoxy groups -OCH3 is 2. The van der Waals surface area contributed by atoms with Crippen LogP contribution in [-0.2, 0) is 14.3 Å². The maximum Gasteiger partial charge on any atom is 0.249 e. The molecule has 1 rings (SSSR count). The summed E-state index contributed by atoms with van der Waals surface area (Å²) >= 11 is 0. The molecule has 104 valence electrons. The molecule has 0 saturated carbocycles. The molecule has 5 nitrogen and oxygen atoms in total. The van der Waals surface area contributed by atoms with E-state index in [4.69, 9.17) is 9.47 Å². The molecule has 1 unspecified atom stereocenters. The molecule has 0 aliphatic carbocycles. The number of amides is 1. The van der Waals surface area contributed by atoms with E-state index in [1.807, 2.05) is 18.7 Å². The molecule has 1 fully saturated rings. The molecule has 1 saturated heterocycles. The van der Waals surface area contributed by atoms with E-state index in [-0.39, 0.29) is 11.9 Å². The van der Waals surface area contributed by atoms with Crippen LogP contribution < -0.4 is 5.32 Å². The van der Waals surface area contributed by atoms with Gasteiger partial charge in [0, 0.05) is 39.4 Å². The summed E-state index contributed by atoms with van der Waals surface area (Å²) in [6.45, 7) is 7.23. The van der Waals surface area contributed by atoms with Crippen molar-refractivity contribution in [2.24, 2.45) is 0 Å². The molecule has 18 heavy (non-hydrogen) atoms. The van der Waals surface area contributed by atoms with Gasteiger partial charge in [0.05, 0.1) is 19.3 Å². The lowest BCUT2D eigenvalue weighted by atomic mass is 10.0. The minimum absolute atomic E-state index is 0.0567. The zero-order chi connectivity index (χ0) is 13.5. The second kappa shape index (κ2) is 7.51. The lowest BCUT2D eigenvalue weighted by molar-refractivity contribution is -0.130. The molecule has 0 spiro atoms. The first-order chi connectivity index (χ1) is 8.61. The fourth-order valence-electron chi connectivity index (χ4n) is 1.92. The van der Waals surface area contributed by atoms with Crippen LogP contribution in [0.2, 0.25) is 0 Å². The smallest absolute Gasteiger partial charge is 0.249 e. The SMILES string of the molecule is COCCN(C(=O)C(C)=C1CNC1)C(C)COC. The molecule has 0 aromatic rings. The minimum atomic E-state index is 0.0567. The number of carbonyl (C=O) groups excluding carboxylic acids is 1. The minimum Gasteiger partial charge on any atom is -0.383 e. The van der Waals surface area contributed by atoms with Gasteiger partial charge in [-0.2, -0.15) is 0 Å². The fraction of sp³-hybridized carbons (Fsp3) is 0.769. The molecule has 0 aromatic carbocycles. The highest BCUT2D eigenvalue weighted by Crippen LogP contribution is 2.14. The zero-order valence-corrected chi connectivity index (χ0v) is 11.8. The third-order valence-electron chi connectivity index (χ3n) is 3.27. The van der Waals surface area contributed by atoms with Crippen LogP contribution in [0, 0.1) is 0 Å². The first-order valence-corrected chi connectivity index (χ1v) is 6.30. The van der Waals surface area contributed by atoms with E-state index < -0.39 is 0 Å². The van der Waals surface area contributed by atoms with Crippen LogP contribution >= 0.6 is 0 Å². The quantitative estimate of drug-likeness (QED) is 0.671. The summed E-state index contributed by atoms with van der Waals surface area (Å²) in [4.78, 5) is 14.3. The predicted octanol–water partition coefficient (Wildman–Crippen LogP) is 0.416. The van der Waals surface area contributed by atoms with Gasteiger partial charge in [-0.25, -0.2) is 0 Å². The standard InChI is InChI=1S/C13H24N2O3/c1-10(9-18-4)15(5-6-17-3)13(16)11(2)12-7-14-8-12/h10,14H,5-9H2,1-4H3. The number of ether oxygens (including phenoxy) is 2. The Hall–Kier alpha value is -0.910. The Balaban J connectivity index is 2.71. The average Bonchev–Trinajstić information content (AvgIpc) is 2.27. The van der Waals surface area contributed by atoms with Crippen LogP contribution in [0.4, 0.5) is 0 Å². The number of rotatable bonds is 7. The highest BCUT2D eigenvalue weighted by atomic mass is 16.5. The van der Waals surface area contributed by atoms with Crippen molar-refractivity contribution in [3.05, 3.63) is 11.1 Å². The Kier molecular flexibility index (Phi) is 6.32. The fourth-order valence-corrected chi connectivity index (χ4v) is 1.92. The number of carbonyl (C=O) groups is 1. The van der Waals surface area contributed by atoms with Gasteiger partial charge in [-0.05, 0) is 19.4 Å². The summed E-state index contributed by atoms with van der Waals surface area (Å²) in [5, 5.41) is 3.16. The summed E-state index contributed by atoms with van der Waals surface area (Å²) in [6.07, 6.45) is 0. The van der Waals surface area contributed by atoms with Gasteiger partial charge in [-0.1, -0.05) is 0 Å². The van der Waals surface area contributed by atoms with Crippen molar-refractivity contribution in [3.8, 4) is 0 Å². The van der Waals surface area contributed by atoms with E-state index in [9.17, 15) is 4.79 Å². The molecule has 1 N–H and O–H groups in total. The van der Waals surface area contributed by atoms with Crippen molar-refractivity contribution in [1.29, 1.82) is 0 Å². The summed E-state index contributed by atoms with van der Waals surface area (Å²) in [5.41, 5.74) is 2.06. The van der Waals surface area contributed by atoms with Gasteiger partial charge < -0.3 is 19.7 Å². The number of nitrogens with one attached hydrogen (secondary N) is 1. The monoisotopic (exact) mass is 256 g/mol. The van der Waals surface area contributed by atoms with Crippen molar-refractivity contribution in [2.45, 2.75) is 19.9 Å². The Morgan fingerprint density at radius 1 is 1.39 bits per heavy atom. The molecule has 0 bridgehead atoms. The van der Waals surface area contributed by atoms with Crippen LogP contribution in [0.5, 0.6) is 0 Å². The van der Waals surface area contributed by atoms with E-state index >= 15 is 0 Å². The van der Waals surface area contributed by atoms with Crippen molar-refractivity contribution in [2.75, 3.05) is 47.1 Å². The van der Waals surface area contributed by atoms with E-state index in [1.165, 1.54) is 5.57 Å². The molecule has 1 aliphatic rings. The van der Waals surface area contributed by atoms with Crippen molar-refractivity contribution in [3.63, 3.8) is 0 Å². The third-order valence-corrected chi connectivity index (χ3v) is 3.27. The molecule has 1 heterocycles. The Labute approximate surface area is 109 Å². The molecule has 0 aromatic heterocycles. The van der Waals surface area contributed by atoms with Crippen LogP contribution in [0.15, 0.2) is 11.1 Å². The second-order valence-corrected chi connectivity index (χ2v) is 4.63. The molecule has 1 amide bonds. The highest BCUT2D eigenvalue weighted by Gasteiger charge is 2.24. The van der Waals surface area contributed by atoms with Gasteiger partial charge in [0.25, 0.3) is 0 Å². The van der Waals surface area contributed by atoms with Gasteiger partial charge in [-0.3, -0.25) is 4.79 Å². The van der Waals surface area contributed by atoms with Gasteiger partial charge in [0.15, 0.2) is 0 Å². The molecule has 0 radical (unpaired) electrons. The highest BCUT2D eigenvalue weighted by molar-refractivity contribution is 5.94. The number of hydrogen-bond acceptors (Lipinski definition) is 4.